The van der Waals surface area contributed by atoms with Gasteiger partial charge in [-0.25, -0.2) is 15.8 Å². The highest BCUT2D eigenvalue weighted by Crippen LogP contribution is 2.23. The average Bonchev–Trinajstić information content (AvgIpc) is 2.48. The first-order chi connectivity index (χ1) is 9.76. The third kappa shape index (κ3) is 3.69. The Bertz CT molecular complexity index is 560. The first-order valence-electron chi connectivity index (χ1n) is 6.33. The van der Waals surface area contributed by atoms with Gasteiger partial charge >= 0.3 is 0 Å². The third-order valence-corrected chi connectivity index (χ3v) is 3.54. The van der Waals surface area contributed by atoms with E-state index in [1.165, 1.54) is 4.90 Å². The molecule has 1 heterocycles. The number of aromatic nitrogens is 2. The van der Waals surface area contributed by atoms with Gasteiger partial charge in [-0.1, -0.05) is 19.1 Å². The molecule has 0 radical (unpaired) electrons. The highest BCUT2D eigenvalue weighted by Gasteiger charge is 2.06. The van der Waals surface area contributed by atoms with Crippen LogP contribution in [0.3, 0.4) is 0 Å². The summed E-state index contributed by atoms with van der Waals surface area (Å²) in [7, 11) is 1.63. The van der Waals surface area contributed by atoms with Gasteiger partial charge in [0.25, 0.3) is 0 Å². The number of thioether (sulfide) groups is 1. The normalized spacial score (nSPS) is 10.6. The van der Waals surface area contributed by atoms with Crippen LogP contribution in [-0.4, -0.2) is 22.8 Å². The first-order valence-corrected chi connectivity index (χ1v) is 7.32. The second-order valence-corrected chi connectivity index (χ2v) is 5.44. The number of nitrogens with zero attached hydrogens (tertiary/aromatic N) is 2. The zero-order valence-electron chi connectivity index (χ0n) is 11.6. The number of ether oxygens (including phenoxy) is 1. The Morgan fingerprint density at radius 2 is 2.00 bits per heavy atom. The number of anilines is 1. The lowest BCUT2D eigenvalue weighted by Crippen LogP contribution is -2.10. The quantitative estimate of drug-likeness (QED) is 0.484. The smallest absolute Gasteiger partial charge is 0.161 e. The Kier molecular flexibility index (Phi) is 5.34. The topological polar surface area (TPSA) is 73.1 Å². The molecule has 1 aromatic heterocycles. The van der Waals surface area contributed by atoms with Crippen LogP contribution in [0, 0.1) is 0 Å². The van der Waals surface area contributed by atoms with Crippen molar-refractivity contribution in [3.63, 3.8) is 0 Å². The molecule has 0 atom stereocenters. The standard InChI is InChI=1S/C14H18N4OS/c1-3-20-12-6-4-10(5-7-12)14-16-11(9-19-2)8-13(17-14)18-15/h4-8H,3,9,15H2,1-2H3,(H,16,17,18). The van der Waals surface area contributed by atoms with Crippen molar-refractivity contribution in [2.24, 2.45) is 5.84 Å². The molecule has 5 nitrogen and oxygen atoms in total. The van der Waals surface area contributed by atoms with E-state index in [0.29, 0.717) is 18.2 Å². The van der Waals surface area contributed by atoms with Crippen molar-refractivity contribution in [1.82, 2.24) is 9.97 Å². The molecule has 0 amide bonds. The minimum absolute atomic E-state index is 0.425. The molecule has 0 bridgehead atoms. The molecular formula is C14H18N4OS. The summed E-state index contributed by atoms with van der Waals surface area (Å²) in [6.45, 7) is 2.56. The maximum Gasteiger partial charge on any atom is 0.161 e. The third-order valence-electron chi connectivity index (χ3n) is 2.64. The largest absolute Gasteiger partial charge is 0.378 e. The first kappa shape index (κ1) is 14.8. The van der Waals surface area contributed by atoms with Crippen LogP contribution in [0.15, 0.2) is 35.2 Å². The summed E-state index contributed by atoms with van der Waals surface area (Å²) < 4.78 is 5.11. The number of methoxy groups -OCH3 is 1. The molecule has 0 aliphatic heterocycles. The number of nitrogens with one attached hydrogen (secondary N) is 1. The van der Waals surface area contributed by atoms with Crippen LogP contribution < -0.4 is 11.3 Å². The van der Waals surface area contributed by atoms with Crippen LogP contribution in [0.2, 0.25) is 0 Å². The fourth-order valence-corrected chi connectivity index (χ4v) is 2.45. The van der Waals surface area contributed by atoms with Gasteiger partial charge in [0, 0.05) is 23.6 Å². The van der Waals surface area contributed by atoms with E-state index >= 15 is 0 Å². The lowest BCUT2D eigenvalue weighted by Gasteiger charge is -2.08. The average molecular weight is 290 g/mol. The maximum absolute atomic E-state index is 5.44. The van der Waals surface area contributed by atoms with Gasteiger partial charge in [0.2, 0.25) is 0 Å². The van der Waals surface area contributed by atoms with E-state index in [1.54, 1.807) is 24.9 Å². The molecular weight excluding hydrogens is 272 g/mol. The van der Waals surface area contributed by atoms with E-state index in [9.17, 15) is 0 Å². The van der Waals surface area contributed by atoms with Crippen LogP contribution >= 0.6 is 11.8 Å². The summed E-state index contributed by atoms with van der Waals surface area (Å²) in [6, 6.07) is 9.96. The van der Waals surface area contributed by atoms with E-state index < -0.39 is 0 Å². The number of nitrogen functional groups attached to an aromatic ring is 1. The minimum atomic E-state index is 0.425. The summed E-state index contributed by atoms with van der Waals surface area (Å²) in [5, 5.41) is 0. The Morgan fingerprint density at radius 1 is 1.25 bits per heavy atom. The van der Waals surface area contributed by atoms with Gasteiger partial charge in [0.1, 0.15) is 5.82 Å². The van der Waals surface area contributed by atoms with Crippen molar-refractivity contribution in [2.75, 3.05) is 18.3 Å². The number of hydrogen-bond donors (Lipinski definition) is 2. The summed E-state index contributed by atoms with van der Waals surface area (Å²) in [5.41, 5.74) is 4.30. The van der Waals surface area contributed by atoms with Crippen LogP contribution in [0.1, 0.15) is 12.6 Å². The molecule has 0 saturated heterocycles. The second kappa shape index (κ2) is 7.23. The molecule has 106 valence electrons. The molecule has 2 rings (SSSR count). The molecule has 0 spiro atoms. The molecule has 0 fully saturated rings. The lowest BCUT2D eigenvalue weighted by molar-refractivity contribution is 0.181. The number of nitrogens with two attached hydrogens (primary N) is 1. The zero-order chi connectivity index (χ0) is 14.4. The van der Waals surface area contributed by atoms with Crippen molar-refractivity contribution in [3.8, 4) is 11.4 Å². The number of rotatable bonds is 6. The van der Waals surface area contributed by atoms with Crippen molar-refractivity contribution in [1.29, 1.82) is 0 Å². The van der Waals surface area contributed by atoms with E-state index in [0.717, 1.165) is 17.0 Å². The number of hydrazine groups is 1. The number of hydrogen-bond acceptors (Lipinski definition) is 6. The Hall–Kier alpha value is -1.63. The SMILES string of the molecule is CCSc1ccc(-c2nc(COC)cc(NN)n2)cc1. The Morgan fingerprint density at radius 3 is 2.60 bits per heavy atom. The fraction of sp³-hybridized carbons (Fsp3) is 0.286. The molecule has 3 N–H and O–H groups in total. The van der Waals surface area contributed by atoms with E-state index in [1.807, 2.05) is 12.1 Å². The van der Waals surface area contributed by atoms with Gasteiger partial charge in [-0.05, 0) is 17.9 Å². The Balaban J connectivity index is 2.32. The summed E-state index contributed by atoms with van der Waals surface area (Å²) in [6.07, 6.45) is 0. The van der Waals surface area contributed by atoms with Crippen molar-refractivity contribution < 1.29 is 4.74 Å². The van der Waals surface area contributed by atoms with E-state index in [-0.39, 0.29) is 0 Å². The van der Waals surface area contributed by atoms with Crippen LogP contribution in [-0.2, 0) is 11.3 Å². The molecule has 1 aromatic carbocycles. The van der Waals surface area contributed by atoms with E-state index in [4.69, 9.17) is 10.6 Å². The van der Waals surface area contributed by atoms with Gasteiger partial charge in [0.15, 0.2) is 5.82 Å². The van der Waals surface area contributed by atoms with Crippen LogP contribution in [0.25, 0.3) is 11.4 Å². The zero-order valence-corrected chi connectivity index (χ0v) is 12.4. The van der Waals surface area contributed by atoms with Crippen LogP contribution in [0.5, 0.6) is 0 Å². The molecule has 0 saturated carbocycles. The van der Waals surface area contributed by atoms with E-state index in [2.05, 4.69) is 34.5 Å². The molecule has 20 heavy (non-hydrogen) atoms. The maximum atomic E-state index is 5.44. The molecule has 6 heteroatoms. The highest BCUT2D eigenvalue weighted by molar-refractivity contribution is 7.99. The summed E-state index contributed by atoms with van der Waals surface area (Å²) >= 11 is 1.80. The number of benzene rings is 1. The van der Waals surface area contributed by atoms with Gasteiger partial charge in [-0.3, -0.25) is 0 Å². The monoisotopic (exact) mass is 290 g/mol. The minimum Gasteiger partial charge on any atom is -0.378 e. The van der Waals surface area contributed by atoms with Gasteiger partial charge in [-0.2, -0.15) is 0 Å². The van der Waals surface area contributed by atoms with Gasteiger partial charge in [0.05, 0.1) is 12.3 Å². The predicted molar refractivity (Wildman–Crippen MR) is 82.4 cm³/mol. The van der Waals surface area contributed by atoms with Crippen molar-refractivity contribution in [2.45, 2.75) is 18.4 Å². The van der Waals surface area contributed by atoms with Gasteiger partial charge in [-0.15, -0.1) is 11.8 Å². The Labute approximate surface area is 122 Å². The fourth-order valence-electron chi connectivity index (χ4n) is 1.79. The molecule has 2 aromatic rings. The molecule has 0 unspecified atom stereocenters. The highest BCUT2D eigenvalue weighted by atomic mass is 32.2. The van der Waals surface area contributed by atoms with Crippen molar-refractivity contribution in [3.05, 3.63) is 36.0 Å². The van der Waals surface area contributed by atoms with Crippen LogP contribution in [0.4, 0.5) is 5.82 Å². The van der Waals surface area contributed by atoms with Crippen molar-refractivity contribution >= 4 is 17.6 Å². The second-order valence-electron chi connectivity index (χ2n) is 4.10. The van der Waals surface area contributed by atoms with Gasteiger partial charge < -0.3 is 10.2 Å². The molecule has 0 aliphatic carbocycles. The lowest BCUT2D eigenvalue weighted by atomic mass is 10.2. The molecule has 0 aliphatic rings. The summed E-state index contributed by atoms with van der Waals surface area (Å²) in [5.74, 6) is 7.71. The predicted octanol–water partition coefficient (Wildman–Crippen LogP) is 2.69. The summed E-state index contributed by atoms with van der Waals surface area (Å²) in [4.78, 5) is 10.1.